The van der Waals surface area contributed by atoms with Crippen LogP contribution in [0.25, 0.3) is 6.08 Å². The van der Waals surface area contributed by atoms with Crippen LogP contribution in [0.1, 0.15) is 39.2 Å². The van der Waals surface area contributed by atoms with Crippen molar-refractivity contribution in [3.8, 4) is 5.75 Å². The molecule has 4 nitrogen and oxygen atoms in total. The Morgan fingerprint density at radius 2 is 1.83 bits per heavy atom. The Bertz CT molecular complexity index is 891. The van der Waals surface area contributed by atoms with E-state index in [1.807, 2.05) is 60.7 Å². The molecule has 1 aliphatic rings. The Morgan fingerprint density at radius 3 is 2.55 bits per heavy atom. The van der Waals surface area contributed by atoms with Crippen LogP contribution < -0.4 is 4.74 Å². The number of para-hydroxylation sites is 2. The number of amides is 1. The molecule has 29 heavy (non-hydrogen) atoms. The third kappa shape index (κ3) is 5.73. The highest BCUT2D eigenvalue weighted by atomic mass is 32.2. The van der Waals surface area contributed by atoms with E-state index in [2.05, 4.69) is 20.8 Å². The summed E-state index contributed by atoms with van der Waals surface area (Å²) in [5.41, 5.74) is 1.77. The zero-order chi connectivity index (χ0) is 20.6. The van der Waals surface area contributed by atoms with E-state index in [9.17, 15) is 4.79 Å². The summed E-state index contributed by atoms with van der Waals surface area (Å²) in [6, 6.07) is 17.6. The topological polar surface area (TPSA) is 41.9 Å². The fourth-order valence-corrected chi connectivity index (χ4v) is 3.93. The van der Waals surface area contributed by atoms with E-state index >= 15 is 0 Å². The molecular weight excluding hydrogens is 380 g/mol. The zero-order valence-electron chi connectivity index (χ0n) is 17.3. The van der Waals surface area contributed by atoms with Crippen LogP contribution in [0.3, 0.4) is 0 Å². The Labute approximate surface area is 177 Å². The molecular formula is C24H28N2O2S. The lowest BCUT2D eigenvalue weighted by Crippen LogP contribution is -2.32. The number of nitrogens with zero attached hydrogens (tertiary/aromatic N) is 2. The SMILES string of the molecule is CCCCOc1ccccc1/C=C1/SC(=Nc2ccccc2)N(CC(C)C)C1=O. The molecule has 0 atom stereocenters. The van der Waals surface area contributed by atoms with E-state index in [0.29, 0.717) is 24.0 Å². The maximum absolute atomic E-state index is 13.1. The van der Waals surface area contributed by atoms with Crippen LogP contribution in [-0.4, -0.2) is 29.1 Å². The van der Waals surface area contributed by atoms with Gasteiger partial charge in [-0.1, -0.05) is 63.6 Å². The van der Waals surface area contributed by atoms with Crippen LogP contribution in [-0.2, 0) is 4.79 Å². The summed E-state index contributed by atoms with van der Waals surface area (Å²) < 4.78 is 5.93. The number of thioether (sulfide) groups is 1. The molecule has 1 saturated heterocycles. The van der Waals surface area contributed by atoms with Crippen molar-refractivity contribution in [2.45, 2.75) is 33.6 Å². The van der Waals surface area contributed by atoms with Crippen LogP contribution in [0.2, 0.25) is 0 Å². The van der Waals surface area contributed by atoms with Crippen molar-refractivity contribution >= 4 is 34.6 Å². The summed E-state index contributed by atoms with van der Waals surface area (Å²) in [5.74, 6) is 1.16. The predicted octanol–water partition coefficient (Wildman–Crippen LogP) is 6.13. The van der Waals surface area contributed by atoms with Crippen LogP contribution in [0.15, 0.2) is 64.5 Å². The van der Waals surface area contributed by atoms with Gasteiger partial charge >= 0.3 is 0 Å². The van der Waals surface area contributed by atoms with Gasteiger partial charge in [-0.25, -0.2) is 4.99 Å². The number of benzene rings is 2. The van der Waals surface area contributed by atoms with Gasteiger partial charge in [-0.05, 0) is 48.4 Å². The molecule has 0 saturated carbocycles. The van der Waals surface area contributed by atoms with Crippen molar-refractivity contribution in [2.24, 2.45) is 10.9 Å². The number of aliphatic imine (C=N–C) groups is 1. The van der Waals surface area contributed by atoms with E-state index in [1.54, 1.807) is 4.90 Å². The van der Waals surface area contributed by atoms with Gasteiger partial charge in [0.05, 0.1) is 17.2 Å². The van der Waals surface area contributed by atoms with E-state index in [-0.39, 0.29) is 5.91 Å². The lowest BCUT2D eigenvalue weighted by Gasteiger charge is -2.17. The highest BCUT2D eigenvalue weighted by Crippen LogP contribution is 2.36. The maximum atomic E-state index is 13.1. The molecule has 2 aromatic rings. The van der Waals surface area contributed by atoms with E-state index < -0.39 is 0 Å². The van der Waals surface area contributed by atoms with Crippen LogP contribution in [0.4, 0.5) is 5.69 Å². The molecule has 1 amide bonds. The molecule has 0 N–H and O–H groups in total. The molecule has 0 aliphatic carbocycles. The van der Waals surface area contributed by atoms with Crippen LogP contribution in [0.5, 0.6) is 5.75 Å². The average molecular weight is 409 g/mol. The van der Waals surface area contributed by atoms with Crippen molar-refractivity contribution in [3.05, 3.63) is 65.1 Å². The molecule has 1 heterocycles. The maximum Gasteiger partial charge on any atom is 0.266 e. The molecule has 0 aromatic heterocycles. The van der Waals surface area contributed by atoms with E-state index in [4.69, 9.17) is 9.73 Å². The second-order valence-corrected chi connectivity index (χ2v) is 8.40. The normalized spacial score (nSPS) is 17.0. The first-order valence-corrected chi connectivity index (χ1v) is 11.0. The molecule has 2 aromatic carbocycles. The van der Waals surface area contributed by atoms with Gasteiger partial charge in [-0.2, -0.15) is 0 Å². The first-order valence-electron chi connectivity index (χ1n) is 10.2. The highest BCUT2D eigenvalue weighted by Gasteiger charge is 2.33. The average Bonchev–Trinajstić information content (AvgIpc) is 2.98. The Morgan fingerprint density at radius 1 is 1.10 bits per heavy atom. The minimum absolute atomic E-state index is 0.00161. The number of ether oxygens (including phenoxy) is 1. The van der Waals surface area contributed by atoms with Gasteiger partial charge in [0.25, 0.3) is 5.91 Å². The van der Waals surface area contributed by atoms with Crippen LogP contribution >= 0.6 is 11.8 Å². The number of carbonyl (C=O) groups excluding carboxylic acids is 1. The number of amidine groups is 1. The van der Waals surface area contributed by atoms with Gasteiger partial charge in [0, 0.05) is 12.1 Å². The first-order chi connectivity index (χ1) is 14.1. The van der Waals surface area contributed by atoms with Crippen molar-refractivity contribution in [1.82, 2.24) is 4.90 Å². The lowest BCUT2D eigenvalue weighted by atomic mass is 10.1. The van der Waals surface area contributed by atoms with Crippen molar-refractivity contribution in [3.63, 3.8) is 0 Å². The zero-order valence-corrected chi connectivity index (χ0v) is 18.1. The second kappa shape index (κ2) is 10.3. The van der Waals surface area contributed by atoms with Gasteiger partial charge < -0.3 is 4.74 Å². The standard InChI is InChI=1S/C24H28N2O2S/c1-4-5-15-28-21-14-10-9-11-19(21)16-22-23(27)26(17-18(2)3)24(29-22)25-20-12-7-6-8-13-20/h6-14,16,18H,4-5,15,17H2,1-3H3/b22-16+,25-24?. The minimum atomic E-state index is 0.00161. The summed E-state index contributed by atoms with van der Waals surface area (Å²) in [6.45, 7) is 7.68. The Kier molecular flexibility index (Phi) is 7.53. The second-order valence-electron chi connectivity index (χ2n) is 7.39. The molecule has 5 heteroatoms. The minimum Gasteiger partial charge on any atom is -0.493 e. The van der Waals surface area contributed by atoms with Gasteiger partial charge in [0.1, 0.15) is 5.75 Å². The number of hydrogen-bond acceptors (Lipinski definition) is 4. The molecule has 3 rings (SSSR count). The Hall–Kier alpha value is -2.53. The predicted molar refractivity (Wildman–Crippen MR) is 123 cm³/mol. The third-order valence-electron chi connectivity index (χ3n) is 4.38. The lowest BCUT2D eigenvalue weighted by molar-refractivity contribution is -0.122. The van der Waals surface area contributed by atoms with Gasteiger partial charge in [0.15, 0.2) is 5.17 Å². The van der Waals surface area contributed by atoms with Crippen LogP contribution in [0, 0.1) is 5.92 Å². The number of carbonyl (C=O) groups is 1. The quantitative estimate of drug-likeness (QED) is 0.390. The summed E-state index contributed by atoms with van der Waals surface area (Å²) in [7, 11) is 0. The molecule has 152 valence electrons. The monoisotopic (exact) mass is 408 g/mol. The highest BCUT2D eigenvalue weighted by molar-refractivity contribution is 8.18. The summed E-state index contributed by atoms with van der Waals surface area (Å²) in [5, 5.41) is 0.727. The third-order valence-corrected chi connectivity index (χ3v) is 5.38. The summed E-state index contributed by atoms with van der Waals surface area (Å²) in [4.78, 5) is 20.3. The number of rotatable bonds is 8. The van der Waals surface area contributed by atoms with E-state index in [1.165, 1.54) is 11.8 Å². The summed E-state index contributed by atoms with van der Waals surface area (Å²) in [6.07, 6.45) is 4.02. The number of hydrogen-bond donors (Lipinski definition) is 0. The molecule has 0 spiro atoms. The molecule has 1 aliphatic heterocycles. The van der Waals surface area contributed by atoms with E-state index in [0.717, 1.165) is 35.0 Å². The van der Waals surface area contributed by atoms with Crippen molar-refractivity contribution in [1.29, 1.82) is 0 Å². The van der Waals surface area contributed by atoms with Gasteiger partial charge in [0.2, 0.25) is 0 Å². The first kappa shape index (κ1) is 21.2. The van der Waals surface area contributed by atoms with Gasteiger partial charge in [-0.3, -0.25) is 9.69 Å². The van der Waals surface area contributed by atoms with Crippen molar-refractivity contribution in [2.75, 3.05) is 13.2 Å². The summed E-state index contributed by atoms with van der Waals surface area (Å²) >= 11 is 1.43. The Balaban J connectivity index is 1.90. The molecule has 0 bridgehead atoms. The smallest absolute Gasteiger partial charge is 0.266 e. The molecule has 0 radical (unpaired) electrons. The molecule has 1 fully saturated rings. The fourth-order valence-electron chi connectivity index (χ4n) is 2.93. The molecule has 0 unspecified atom stereocenters. The largest absolute Gasteiger partial charge is 0.493 e. The number of unbranched alkanes of at least 4 members (excludes halogenated alkanes) is 1. The fraction of sp³-hybridized carbons (Fsp3) is 0.333. The van der Waals surface area contributed by atoms with Gasteiger partial charge in [-0.15, -0.1) is 0 Å². The van der Waals surface area contributed by atoms with Crippen molar-refractivity contribution < 1.29 is 9.53 Å².